The molecule has 0 bridgehead atoms. The van der Waals surface area contributed by atoms with Gasteiger partial charge in [0.1, 0.15) is 0 Å². The Morgan fingerprint density at radius 2 is 1.78 bits per heavy atom. The topological polar surface area (TPSA) is 98.2 Å². The van der Waals surface area contributed by atoms with Gasteiger partial charge >= 0.3 is 0 Å². The summed E-state index contributed by atoms with van der Waals surface area (Å²) >= 11 is 0. The molecule has 2 amide bonds. The van der Waals surface area contributed by atoms with Crippen molar-refractivity contribution in [2.45, 2.75) is 26.4 Å². The fourth-order valence-corrected chi connectivity index (χ4v) is 1.38. The molecule has 1 rings (SSSR count). The molecule has 0 fully saturated rings. The number of rotatable bonds is 5. The molecule has 0 aliphatic heterocycles. The minimum atomic E-state index is -0.462. The van der Waals surface area contributed by atoms with E-state index in [0.717, 1.165) is 5.56 Å². The van der Waals surface area contributed by atoms with E-state index in [1.54, 1.807) is 38.1 Å². The number of nitrogens with one attached hydrogen (secondary N) is 1. The van der Waals surface area contributed by atoms with Crippen LogP contribution >= 0.6 is 0 Å². The van der Waals surface area contributed by atoms with E-state index in [0.29, 0.717) is 12.1 Å². The molecule has 0 spiro atoms. The van der Waals surface area contributed by atoms with Crippen LogP contribution in [0.25, 0.3) is 0 Å². The molecule has 0 aromatic heterocycles. The Hall–Kier alpha value is -1.88. The van der Waals surface area contributed by atoms with Gasteiger partial charge in [0.25, 0.3) is 0 Å². The van der Waals surface area contributed by atoms with Crippen molar-refractivity contribution in [3.8, 4) is 0 Å². The molecular weight excluding hydrogens is 230 g/mol. The Balaban J connectivity index is 2.54. The van der Waals surface area contributed by atoms with Crippen molar-refractivity contribution in [3.05, 3.63) is 35.4 Å². The highest BCUT2D eigenvalue weighted by Gasteiger charge is 2.16. The normalized spacial score (nSPS) is 13.7. The van der Waals surface area contributed by atoms with Gasteiger partial charge in [-0.3, -0.25) is 9.59 Å². The van der Waals surface area contributed by atoms with Gasteiger partial charge in [0.15, 0.2) is 0 Å². The Bertz CT molecular complexity index is 426. The van der Waals surface area contributed by atoms with Crippen molar-refractivity contribution in [1.82, 2.24) is 5.32 Å². The van der Waals surface area contributed by atoms with Gasteiger partial charge in [-0.15, -0.1) is 0 Å². The van der Waals surface area contributed by atoms with Gasteiger partial charge in [-0.1, -0.05) is 19.1 Å². The van der Waals surface area contributed by atoms with Gasteiger partial charge in [0, 0.05) is 24.1 Å². The summed E-state index contributed by atoms with van der Waals surface area (Å²) < 4.78 is 0. The Morgan fingerprint density at radius 1 is 1.22 bits per heavy atom. The summed E-state index contributed by atoms with van der Waals surface area (Å²) in [5, 5.41) is 2.79. The predicted octanol–water partition coefficient (Wildman–Crippen LogP) is 0.385. The molecule has 5 N–H and O–H groups in total. The molecule has 0 saturated heterocycles. The predicted molar refractivity (Wildman–Crippen MR) is 69.6 cm³/mol. The second-order valence-corrected chi connectivity index (χ2v) is 4.43. The molecule has 1 aromatic carbocycles. The molecule has 2 unspecified atom stereocenters. The number of carbonyl (C=O) groups is 2. The lowest BCUT2D eigenvalue weighted by atomic mass is 10.0. The summed E-state index contributed by atoms with van der Waals surface area (Å²) in [6, 6.07) is 6.62. The largest absolute Gasteiger partial charge is 0.366 e. The first-order chi connectivity index (χ1) is 8.41. The first kappa shape index (κ1) is 14.2. The third-order valence-corrected chi connectivity index (χ3v) is 2.91. The highest BCUT2D eigenvalue weighted by Crippen LogP contribution is 2.05. The molecule has 0 heterocycles. The quantitative estimate of drug-likeness (QED) is 0.703. The number of primary amides is 1. The van der Waals surface area contributed by atoms with Crippen LogP contribution in [-0.2, 0) is 11.3 Å². The van der Waals surface area contributed by atoms with Gasteiger partial charge in [-0.05, 0) is 24.6 Å². The monoisotopic (exact) mass is 249 g/mol. The van der Waals surface area contributed by atoms with Crippen LogP contribution in [0.1, 0.15) is 29.8 Å². The smallest absolute Gasteiger partial charge is 0.248 e. The van der Waals surface area contributed by atoms with E-state index in [-0.39, 0.29) is 17.9 Å². The lowest BCUT2D eigenvalue weighted by Crippen LogP contribution is -2.38. The SMILES string of the molecule is CC(N)C(C)C(=O)NCc1ccc(C(N)=O)cc1. The maximum atomic E-state index is 11.7. The molecule has 0 aliphatic rings. The van der Waals surface area contributed by atoms with E-state index in [1.165, 1.54) is 0 Å². The average Bonchev–Trinajstić information content (AvgIpc) is 2.35. The van der Waals surface area contributed by atoms with E-state index < -0.39 is 5.91 Å². The minimum Gasteiger partial charge on any atom is -0.366 e. The Morgan fingerprint density at radius 3 is 2.22 bits per heavy atom. The van der Waals surface area contributed by atoms with Crippen LogP contribution in [0.5, 0.6) is 0 Å². The minimum absolute atomic E-state index is 0.0797. The van der Waals surface area contributed by atoms with E-state index in [9.17, 15) is 9.59 Å². The molecule has 0 saturated carbocycles. The lowest BCUT2D eigenvalue weighted by Gasteiger charge is -2.15. The van der Waals surface area contributed by atoms with E-state index >= 15 is 0 Å². The third-order valence-electron chi connectivity index (χ3n) is 2.91. The summed E-state index contributed by atoms with van der Waals surface area (Å²) in [6.45, 7) is 4.00. The van der Waals surface area contributed by atoms with Crippen LogP contribution < -0.4 is 16.8 Å². The highest BCUT2D eigenvalue weighted by atomic mass is 16.2. The zero-order valence-electron chi connectivity index (χ0n) is 10.6. The average molecular weight is 249 g/mol. The zero-order chi connectivity index (χ0) is 13.7. The second-order valence-electron chi connectivity index (χ2n) is 4.43. The number of amides is 2. The molecule has 98 valence electrons. The summed E-state index contributed by atoms with van der Waals surface area (Å²) in [5.74, 6) is -0.768. The van der Waals surface area contributed by atoms with Crippen molar-refractivity contribution in [3.63, 3.8) is 0 Å². The van der Waals surface area contributed by atoms with Crippen molar-refractivity contribution >= 4 is 11.8 Å². The number of hydrogen-bond donors (Lipinski definition) is 3. The van der Waals surface area contributed by atoms with Crippen LogP contribution in [0.2, 0.25) is 0 Å². The van der Waals surface area contributed by atoms with Crippen LogP contribution in [0.4, 0.5) is 0 Å². The number of benzene rings is 1. The highest BCUT2D eigenvalue weighted by molar-refractivity contribution is 5.92. The van der Waals surface area contributed by atoms with Gasteiger partial charge in [-0.2, -0.15) is 0 Å². The van der Waals surface area contributed by atoms with Crippen molar-refractivity contribution < 1.29 is 9.59 Å². The lowest BCUT2D eigenvalue weighted by molar-refractivity contribution is -0.125. The Kier molecular flexibility index (Phi) is 4.85. The van der Waals surface area contributed by atoms with Crippen LogP contribution in [0.3, 0.4) is 0 Å². The van der Waals surface area contributed by atoms with Crippen LogP contribution in [-0.4, -0.2) is 17.9 Å². The molecular formula is C13H19N3O2. The first-order valence-electron chi connectivity index (χ1n) is 5.84. The summed E-state index contributed by atoms with van der Waals surface area (Å²) in [4.78, 5) is 22.5. The molecule has 2 atom stereocenters. The fourth-order valence-electron chi connectivity index (χ4n) is 1.38. The Labute approximate surface area is 107 Å². The number of hydrogen-bond acceptors (Lipinski definition) is 3. The molecule has 5 heteroatoms. The van der Waals surface area contributed by atoms with Crippen molar-refractivity contribution in [2.24, 2.45) is 17.4 Å². The van der Waals surface area contributed by atoms with Crippen molar-refractivity contribution in [2.75, 3.05) is 0 Å². The molecule has 1 aromatic rings. The van der Waals surface area contributed by atoms with E-state index in [1.807, 2.05) is 0 Å². The fraction of sp³-hybridized carbons (Fsp3) is 0.385. The molecule has 18 heavy (non-hydrogen) atoms. The number of carbonyl (C=O) groups excluding carboxylic acids is 2. The van der Waals surface area contributed by atoms with Crippen LogP contribution in [0.15, 0.2) is 24.3 Å². The number of nitrogens with two attached hydrogens (primary N) is 2. The third kappa shape index (κ3) is 3.85. The van der Waals surface area contributed by atoms with Gasteiger partial charge in [0.2, 0.25) is 11.8 Å². The maximum Gasteiger partial charge on any atom is 0.248 e. The van der Waals surface area contributed by atoms with E-state index in [4.69, 9.17) is 11.5 Å². The van der Waals surface area contributed by atoms with Crippen molar-refractivity contribution in [1.29, 1.82) is 0 Å². The van der Waals surface area contributed by atoms with Crippen LogP contribution in [0, 0.1) is 5.92 Å². The van der Waals surface area contributed by atoms with Gasteiger partial charge < -0.3 is 16.8 Å². The first-order valence-corrected chi connectivity index (χ1v) is 5.84. The molecule has 0 radical (unpaired) electrons. The van der Waals surface area contributed by atoms with Gasteiger partial charge in [-0.25, -0.2) is 0 Å². The standard InChI is InChI=1S/C13H19N3O2/c1-8(9(2)14)13(18)16-7-10-3-5-11(6-4-10)12(15)17/h3-6,8-9H,7,14H2,1-2H3,(H2,15,17)(H,16,18). The van der Waals surface area contributed by atoms with E-state index in [2.05, 4.69) is 5.32 Å². The summed E-state index contributed by atoms with van der Waals surface area (Å²) in [7, 11) is 0. The second kappa shape index (κ2) is 6.16. The summed E-state index contributed by atoms with van der Waals surface area (Å²) in [6.07, 6.45) is 0. The molecule has 0 aliphatic carbocycles. The molecule has 5 nitrogen and oxygen atoms in total. The van der Waals surface area contributed by atoms with Gasteiger partial charge in [0.05, 0.1) is 0 Å². The summed E-state index contributed by atoms with van der Waals surface area (Å²) in [5.41, 5.74) is 12.1. The maximum absolute atomic E-state index is 11.7. The zero-order valence-corrected chi connectivity index (χ0v) is 10.6.